The van der Waals surface area contributed by atoms with Gasteiger partial charge in [-0.15, -0.1) is 0 Å². The lowest BCUT2D eigenvalue weighted by Crippen LogP contribution is -2.25. The Morgan fingerprint density at radius 2 is 1.38 bits per heavy atom. The van der Waals surface area contributed by atoms with Gasteiger partial charge in [0.2, 0.25) is 0 Å². The molecule has 0 amide bonds. The molecule has 200 valence electrons. The zero-order valence-corrected chi connectivity index (χ0v) is 23.6. The molecule has 1 aromatic carbocycles. The summed E-state index contributed by atoms with van der Waals surface area (Å²) in [5, 5.41) is 9.91. The first-order valence-electron chi connectivity index (χ1n) is 15.5. The minimum Gasteiger partial charge on any atom is -0.236 e. The van der Waals surface area contributed by atoms with Crippen LogP contribution in [-0.4, -0.2) is 9.97 Å². The summed E-state index contributed by atoms with van der Waals surface area (Å²) in [6, 6.07) is 11.7. The molecule has 37 heavy (non-hydrogen) atoms. The molecule has 1 aromatic heterocycles. The molecule has 2 aliphatic rings. The second-order valence-electron chi connectivity index (χ2n) is 12.2. The van der Waals surface area contributed by atoms with Gasteiger partial charge >= 0.3 is 0 Å². The fourth-order valence-corrected chi connectivity index (χ4v) is 6.88. The van der Waals surface area contributed by atoms with Crippen molar-refractivity contribution in [1.29, 1.82) is 5.26 Å². The van der Waals surface area contributed by atoms with Crippen molar-refractivity contribution >= 4 is 0 Å². The monoisotopic (exact) mass is 499 g/mol. The lowest BCUT2D eigenvalue weighted by Gasteiger charge is -2.35. The van der Waals surface area contributed by atoms with Gasteiger partial charge in [0, 0.05) is 18.0 Å². The topological polar surface area (TPSA) is 49.6 Å². The third kappa shape index (κ3) is 7.66. The van der Waals surface area contributed by atoms with Crippen LogP contribution in [0.15, 0.2) is 36.7 Å². The Labute approximate surface area is 226 Å². The van der Waals surface area contributed by atoms with Gasteiger partial charge in [0.1, 0.15) is 0 Å². The second-order valence-corrected chi connectivity index (χ2v) is 12.2. The highest BCUT2D eigenvalue weighted by Gasteiger charge is 2.35. The number of hydrogen-bond donors (Lipinski definition) is 0. The van der Waals surface area contributed by atoms with Gasteiger partial charge in [0.15, 0.2) is 5.82 Å². The Balaban J connectivity index is 1.27. The molecule has 3 heteroatoms. The fourth-order valence-electron chi connectivity index (χ4n) is 6.88. The van der Waals surface area contributed by atoms with Crippen LogP contribution in [0.3, 0.4) is 0 Å². The van der Waals surface area contributed by atoms with Crippen LogP contribution in [0, 0.1) is 22.7 Å². The molecule has 0 aliphatic heterocycles. The minimum atomic E-state index is -0.0753. The van der Waals surface area contributed by atoms with E-state index in [9.17, 15) is 5.26 Å². The van der Waals surface area contributed by atoms with Crippen molar-refractivity contribution in [1.82, 2.24) is 9.97 Å². The van der Waals surface area contributed by atoms with Crippen molar-refractivity contribution in [2.45, 2.75) is 135 Å². The van der Waals surface area contributed by atoms with E-state index in [4.69, 9.17) is 9.97 Å². The number of aromatic nitrogens is 2. The standard InChI is InChI=1S/C34H49N3/c1-3-5-7-9-21-34(26-35)22-19-30(20-23-34)28-15-17-31(18-16-28)33-36-24-32(25-37-33)29-13-11-27(12-14-29)10-8-6-4-2/h15-18,24-25,27,29-30H,3-14,19-23H2,1-2H3. The number of benzene rings is 1. The van der Waals surface area contributed by atoms with E-state index in [1.165, 1.54) is 88.2 Å². The summed E-state index contributed by atoms with van der Waals surface area (Å²) in [6.45, 7) is 4.54. The van der Waals surface area contributed by atoms with E-state index in [1.807, 2.05) is 0 Å². The fraction of sp³-hybridized carbons (Fsp3) is 0.676. The maximum absolute atomic E-state index is 9.91. The number of unbranched alkanes of at least 4 members (excludes halogenated alkanes) is 5. The molecule has 2 fully saturated rings. The van der Waals surface area contributed by atoms with E-state index in [-0.39, 0.29) is 5.41 Å². The van der Waals surface area contributed by atoms with Gasteiger partial charge in [-0.25, -0.2) is 9.97 Å². The highest BCUT2D eigenvalue weighted by Crippen LogP contribution is 2.46. The van der Waals surface area contributed by atoms with E-state index < -0.39 is 0 Å². The Morgan fingerprint density at radius 3 is 2.00 bits per heavy atom. The Kier molecular flexibility index (Phi) is 10.6. The lowest BCUT2D eigenvalue weighted by molar-refractivity contribution is 0.223. The summed E-state index contributed by atoms with van der Waals surface area (Å²) in [6.07, 6.45) is 25.5. The van der Waals surface area contributed by atoms with Crippen LogP contribution < -0.4 is 0 Å². The molecule has 0 bridgehead atoms. The molecular weight excluding hydrogens is 450 g/mol. The normalized spacial score (nSPS) is 26.0. The van der Waals surface area contributed by atoms with Crippen molar-refractivity contribution in [2.75, 3.05) is 0 Å². The molecule has 2 aliphatic carbocycles. The second kappa shape index (κ2) is 14.1. The van der Waals surface area contributed by atoms with Gasteiger partial charge in [-0.3, -0.25) is 0 Å². The number of nitriles is 1. The molecule has 1 heterocycles. The molecule has 0 N–H and O–H groups in total. The number of hydrogen-bond acceptors (Lipinski definition) is 3. The Bertz CT molecular complexity index is 956. The maximum Gasteiger partial charge on any atom is 0.159 e. The van der Waals surface area contributed by atoms with Crippen molar-refractivity contribution in [3.8, 4) is 17.5 Å². The summed E-state index contributed by atoms with van der Waals surface area (Å²) in [5.74, 6) is 2.99. The van der Waals surface area contributed by atoms with Gasteiger partial charge in [-0.2, -0.15) is 5.26 Å². The van der Waals surface area contributed by atoms with Crippen LogP contribution in [-0.2, 0) is 0 Å². The third-order valence-corrected chi connectivity index (χ3v) is 9.53. The highest BCUT2D eigenvalue weighted by molar-refractivity contribution is 5.55. The SMILES string of the molecule is CCCCCCC1(C#N)CCC(c2ccc(-c3ncc(C4CCC(CCCCC)CC4)cn3)cc2)CC1. The maximum atomic E-state index is 9.91. The van der Waals surface area contributed by atoms with Gasteiger partial charge < -0.3 is 0 Å². The van der Waals surface area contributed by atoms with Crippen LogP contribution >= 0.6 is 0 Å². The van der Waals surface area contributed by atoms with Crippen molar-refractivity contribution in [2.24, 2.45) is 11.3 Å². The Hall–Kier alpha value is -2.21. The van der Waals surface area contributed by atoms with Crippen molar-refractivity contribution < 1.29 is 0 Å². The average molecular weight is 500 g/mol. The zero-order valence-electron chi connectivity index (χ0n) is 23.6. The number of rotatable bonds is 12. The Morgan fingerprint density at radius 1 is 0.757 bits per heavy atom. The molecule has 0 radical (unpaired) electrons. The molecule has 3 nitrogen and oxygen atoms in total. The molecule has 0 unspecified atom stereocenters. The molecule has 2 saturated carbocycles. The van der Waals surface area contributed by atoms with Gasteiger partial charge in [0.25, 0.3) is 0 Å². The first-order valence-corrected chi connectivity index (χ1v) is 15.5. The van der Waals surface area contributed by atoms with Gasteiger partial charge in [-0.05, 0) is 86.7 Å². The van der Waals surface area contributed by atoms with Crippen LogP contribution in [0.1, 0.15) is 146 Å². The van der Waals surface area contributed by atoms with E-state index in [0.29, 0.717) is 11.8 Å². The van der Waals surface area contributed by atoms with E-state index in [2.05, 4.69) is 56.6 Å². The first-order chi connectivity index (χ1) is 18.2. The van der Waals surface area contributed by atoms with E-state index in [1.54, 1.807) is 0 Å². The van der Waals surface area contributed by atoms with Gasteiger partial charge in [0.05, 0.1) is 11.5 Å². The predicted molar refractivity (Wildman–Crippen MR) is 154 cm³/mol. The van der Waals surface area contributed by atoms with E-state index in [0.717, 1.165) is 49.4 Å². The molecule has 0 atom stereocenters. The molecule has 2 aromatic rings. The van der Waals surface area contributed by atoms with Crippen LogP contribution in [0.4, 0.5) is 0 Å². The molecule has 0 spiro atoms. The molecule has 0 saturated heterocycles. The van der Waals surface area contributed by atoms with Crippen LogP contribution in [0.25, 0.3) is 11.4 Å². The highest BCUT2D eigenvalue weighted by atomic mass is 14.9. The quantitative estimate of drug-likeness (QED) is 0.273. The van der Waals surface area contributed by atoms with Gasteiger partial charge in [-0.1, -0.05) is 89.5 Å². The molecule has 4 rings (SSSR count). The lowest BCUT2D eigenvalue weighted by atomic mass is 9.67. The third-order valence-electron chi connectivity index (χ3n) is 9.53. The summed E-state index contributed by atoms with van der Waals surface area (Å²) in [7, 11) is 0. The van der Waals surface area contributed by atoms with Crippen molar-refractivity contribution in [3.05, 3.63) is 47.8 Å². The van der Waals surface area contributed by atoms with Crippen LogP contribution in [0.5, 0.6) is 0 Å². The minimum absolute atomic E-state index is 0.0753. The number of nitrogens with zero attached hydrogens (tertiary/aromatic N) is 3. The van der Waals surface area contributed by atoms with E-state index >= 15 is 0 Å². The summed E-state index contributed by atoms with van der Waals surface area (Å²) in [5.41, 5.74) is 3.76. The van der Waals surface area contributed by atoms with Crippen LogP contribution in [0.2, 0.25) is 0 Å². The predicted octanol–water partition coefficient (Wildman–Crippen LogP) is 10.1. The summed E-state index contributed by atoms with van der Waals surface area (Å²) in [4.78, 5) is 9.54. The largest absolute Gasteiger partial charge is 0.236 e. The zero-order chi connectivity index (χ0) is 25.9. The molecular formula is C34H49N3. The smallest absolute Gasteiger partial charge is 0.159 e. The summed E-state index contributed by atoms with van der Waals surface area (Å²) < 4.78 is 0. The van der Waals surface area contributed by atoms with Crippen molar-refractivity contribution in [3.63, 3.8) is 0 Å². The average Bonchev–Trinajstić information content (AvgIpc) is 2.96. The first kappa shape index (κ1) is 27.8. The summed E-state index contributed by atoms with van der Waals surface area (Å²) >= 11 is 0.